The molecule has 0 aliphatic carbocycles. The fourth-order valence-electron chi connectivity index (χ4n) is 0.850. The summed E-state index contributed by atoms with van der Waals surface area (Å²) < 4.78 is 1.64. The van der Waals surface area contributed by atoms with Gasteiger partial charge in [0, 0.05) is 6.54 Å². The molecule has 60 valence electrons. The van der Waals surface area contributed by atoms with Crippen molar-refractivity contribution < 1.29 is 4.79 Å². The Hall–Kier alpha value is -1.39. The van der Waals surface area contributed by atoms with Gasteiger partial charge in [-0.25, -0.2) is 0 Å². The van der Waals surface area contributed by atoms with Gasteiger partial charge < -0.3 is 10.3 Å². The molecular formula is C6H10N4O. The lowest BCUT2D eigenvalue weighted by molar-refractivity contribution is 0.0986. The zero-order valence-electron chi connectivity index (χ0n) is 6.32. The van der Waals surface area contributed by atoms with Gasteiger partial charge >= 0.3 is 0 Å². The molecule has 5 nitrogen and oxygen atoms in total. The van der Waals surface area contributed by atoms with Crippen molar-refractivity contribution in [2.45, 2.75) is 19.9 Å². The highest BCUT2D eigenvalue weighted by molar-refractivity contribution is 5.88. The monoisotopic (exact) mass is 154 g/mol. The average molecular weight is 154 g/mol. The van der Waals surface area contributed by atoms with Crippen LogP contribution in [-0.2, 0) is 6.54 Å². The second-order valence-corrected chi connectivity index (χ2v) is 2.21. The molecule has 0 spiro atoms. The number of carbonyl (C=O) groups is 1. The number of amides is 1. The van der Waals surface area contributed by atoms with Gasteiger partial charge in [-0.1, -0.05) is 6.92 Å². The van der Waals surface area contributed by atoms with E-state index in [0.29, 0.717) is 0 Å². The minimum atomic E-state index is -0.532. The Labute approximate surface area is 64.2 Å². The molecule has 5 heteroatoms. The van der Waals surface area contributed by atoms with Gasteiger partial charge in [-0.3, -0.25) is 4.79 Å². The summed E-state index contributed by atoms with van der Waals surface area (Å²) in [5.74, 6) is -0.303. The lowest BCUT2D eigenvalue weighted by atomic mass is 10.4. The van der Waals surface area contributed by atoms with Crippen molar-refractivity contribution in [1.82, 2.24) is 14.8 Å². The number of rotatable bonds is 3. The molecule has 0 saturated carbocycles. The largest absolute Gasteiger partial charge is 0.363 e. The third kappa shape index (κ3) is 1.54. The maximum Gasteiger partial charge on any atom is 0.286 e. The Morgan fingerprint density at radius 3 is 3.09 bits per heavy atom. The SMILES string of the molecule is CCCn1cnnc1C(N)=O. The van der Waals surface area contributed by atoms with Gasteiger partial charge in [0.1, 0.15) is 6.33 Å². The molecule has 0 aliphatic heterocycles. The van der Waals surface area contributed by atoms with Gasteiger partial charge in [0.25, 0.3) is 5.91 Å². The van der Waals surface area contributed by atoms with Crippen molar-refractivity contribution in [2.75, 3.05) is 0 Å². The number of primary amides is 1. The van der Waals surface area contributed by atoms with E-state index in [9.17, 15) is 4.79 Å². The van der Waals surface area contributed by atoms with Crippen LogP contribution in [0.4, 0.5) is 0 Å². The zero-order valence-corrected chi connectivity index (χ0v) is 6.32. The maximum atomic E-state index is 10.7. The van der Waals surface area contributed by atoms with E-state index in [4.69, 9.17) is 5.73 Å². The fourth-order valence-corrected chi connectivity index (χ4v) is 0.850. The van der Waals surface area contributed by atoms with Gasteiger partial charge in [-0.05, 0) is 6.42 Å². The lowest BCUT2D eigenvalue weighted by Crippen LogP contribution is -2.17. The van der Waals surface area contributed by atoms with E-state index in [-0.39, 0.29) is 5.82 Å². The quantitative estimate of drug-likeness (QED) is 0.654. The molecule has 1 rings (SSSR count). The zero-order chi connectivity index (χ0) is 8.27. The Morgan fingerprint density at radius 1 is 1.82 bits per heavy atom. The maximum absolute atomic E-state index is 10.7. The molecule has 11 heavy (non-hydrogen) atoms. The highest BCUT2D eigenvalue weighted by Crippen LogP contribution is 1.94. The summed E-state index contributed by atoms with van der Waals surface area (Å²) in [6.45, 7) is 2.73. The van der Waals surface area contributed by atoms with Crippen molar-refractivity contribution >= 4 is 5.91 Å². The van der Waals surface area contributed by atoms with Gasteiger partial charge in [0.2, 0.25) is 5.82 Å². The summed E-state index contributed by atoms with van der Waals surface area (Å²) in [6, 6.07) is 0. The third-order valence-electron chi connectivity index (χ3n) is 1.30. The first-order valence-electron chi connectivity index (χ1n) is 3.43. The molecular weight excluding hydrogens is 144 g/mol. The van der Waals surface area contributed by atoms with Crippen LogP contribution < -0.4 is 5.73 Å². The number of hydrogen-bond donors (Lipinski definition) is 1. The summed E-state index contributed by atoms with van der Waals surface area (Å²) in [6.07, 6.45) is 2.43. The Bertz CT molecular complexity index is 255. The van der Waals surface area contributed by atoms with E-state index < -0.39 is 5.91 Å². The van der Waals surface area contributed by atoms with Crippen LogP contribution in [0, 0.1) is 0 Å². The van der Waals surface area contributed by atoms with Gasteiger partial charge in [-0.2, -0.15) is 0 Å². The molecule has 1 aromatic rings. The predicted octanol–water partition coefficient (Wildman–Crippen LogP) is -0.213. The minimum absolute atomic E-state index is 0.229. The highest BCUT2D eigenvalue weighted by Gasteiger charge is 2.07. The van der Waals surface area contributed by atoms with E-state index in [2.05, 4.69) is 10.2 Å². The van der Waals surface area contributed by atoms with Crippen molar-refractivity contribution in [2.24, 2.45) is 5.73 Å². The molecule has 1 heterocycles. The van der Waals surface area contributed by atoms with Crippen LogP contribution in [0.15, 0.2) is 6.33 Å². The average Bonchev–Trinajstić information content (AvgIpc) is 2.36. The van der Waals surface area contributed by atoms with Crippen molar-refractivity contribution in [3.63, 3.8) is 0 Å². The molecule has 0 aliphatic rings. The van der Waals surface area contributed by atoms with Gasteiger partial charge in [-0.15, -0.1) is 10.2 Å². The van der Waals surface area contributed by atoms with E-state index in [0.717, 1.165) is 13.0 Å². The summed E-state index contributed by atoms with van der Waals surface area (Å²) in [5.41, 5.74) is 5.03. The second-order valence-electron chi connectivity index (χ2n) is 2.21. The van der Waals surface area contributed by atoms with E-state index in [1.807, 2.05) is 6.92 Å². The first kappa shape index (κ1) is 7.71. The molecule has 0 atom stereocenters. The topological polar surface area (TPSA) is 73.8 Å². The molecule has 0 radical (unpaired) electrons. The summed E-state index contributed by atoms with van der Waals surface area (Å²) >= 11 is 0. The predicted molar refractivity (Wildman–Crippen MR) is 38.8 cm³/mol. The highest BCUT2D eigenvalue weighted by atomic mass is 16.1. The lowest BCUT2D eigenvalue weighted by Gasteiger charge is -1.99. The Morgan fingerprint density at radius 2 is 2.55 bits per heavy atom. The van der Waals surface area contributed by atoms with E-state index in [1.165, 1.54) is 6.33 Å². The molecule has 1 aromatic heterocycles. The second kappa shape index (κ2) is 3.14. The number of aromatic nitrogens is 3. The summed E-state index contributed by atoms with van der Waals surface area (Å²) in [4.78, 5) is 10.7. The van der Waals surface area contributed by atoms with Crippen LogP contribution in [-0.4, -0.2) is 20.7 Å². The Balaban J connectivity index is 2.87. The summed E-state index contributed by atoms with van der Waals surface area (Å²) in [5, 5.41) is 7.15. The standard InChI is InChI=1S/C6H10N4O/c1-2-3-10-4-8-9-6(10)5(7)11/h4H,2-3H2,1H3,(H2,7,11). The van der Waals surface area contributed by atoms with Crippen molar-refractivity contribution in [3.8, 4) is 0 Å². The van der Waals surface area contributed by atoms with Crippen molar-refractivity contribution in [1.29, 1.82) is 0 Å². The molecule has 0 unspecified atom stereocenters. The molecule has 1 amide bonds. The van der Waals surface area contributed by atoms with Gasteiger partial charge in [0.05, 0.1) is 0 Å². The Kier molecular flexibility index (Phi) is 2.20. The molecule has 0 aromatic carbocycles. The smallest absolute Gasteiger partial charge is 0.286 e. The van der Waals surface area contributed by atoms with Crippen LogP contribution in [0.3, 0.4) is 0 Å². The third-order valence-corrected chi connectivity index (χ3v) is 1.30. The number of aryl methyl sites for hydroxylation is 1. The van der Waals surface area contributed by atoms with Crippen molar-refractivity contribution in [3.05, 3.63) is 12.2 Å². The molecule has 0 bridgehead atoms. The first-order chi connectivity index (χ1) is 5.25. The normalized spacial score (nSPS) is 9.91. The minimum Gasteiger partial charge on any atom is -0.363 e. The molecule has 2 N–H and O–H groups in total. The molecule has 0 saturated heterocycles. The van der Waals surface area contributed by atoms with E-state index in [1.54, 1.807) is 4.57 Å². The van der Waals surface area contributed by atoms with Crippen LogP contribution in [0.2, 0.25) is 0 Å². The van der Waals surface area contributed by atoms with Gasteiger partial charge in [0.15, 0.2) is 0 Å². The number of hydrogen-bond acceptors (Lipinski definition) is 3. The number of nitrogens with two attached hydrogens (primary N) is 1. The first-order valence-corrected chi connectivity index (χ1v) is 3.43. The number of nitrogens with zero attached hydrogens (tertiary/aromatic N) is 3. The number of carbonyl (C=O) groups excluding carboxylic acids is 1. The molecule has 0 fully saturated rings. The fraction of sp³-hybridized carbons (Fsp3) is 0.500. The van der Waals surface area contributed by atoms with E-state index >= 15 is 0 Å². The van der Waals surface area contributed by atoms with Crippen LogP contribution in [0.25, 0.3) is 0 Å². The van der Waals surface area contributed by atoms with Crippen LogP contribution >= 0.6 is 0 Å². The van der Waals surface area contributed by atoms with Crippen LogP contribution in [0.1, 0.15) is 24.0 Å². The van der Waals surface area contributed by atoms with Crippen LogP contribution in [0.5, 0.6) is 0 Å². The summed E-state index contributed by atoms with van der Waals surface area (Å²) in [7, 11) is 0.